The minimum atomic E-state index is -0.274. The summed E-state index contributed by atoms with van der Waals surface area (Å²) in [7, 11) is 0. The van der Waals surface area contributed by atoms with Crippen molar-refractivity contribution in [3.63, 3.8) is 0 Å². The Morgan fingerprint density at radius 2 is 1.96 bits per heavy atom. The molecule has 0 aliphatic carbocycles. The molecule has 2 heterocycles. The van der Waals surface area contributed by atoms with E-state index < -0.39 is 0 Å². The van der Waals surface area contributed by atoms with Crippen LogP contribution in [0.3, 0.4) is 0 Å². The van der Waals surface area contributed by atoms with E-state index in [0.717, 1.165) is 4.47 Å². The zero-order chi connectivity index (χ0) is 16.9. The summed E-state index contributed by atoms with van der Waals surface area (Å²) < 4.78 is 17.8. The highest BCUT2D eigenvalue weighted by Gasteiger charge is 2.07. The molecule has 1 N–H and O–H groups in total. The number of amides is 1. The summed E-state index contributed by atoms with van der Waals surface area (Å²) in [6.45, 7) is 0.796. The largest absolute Gasteiger partial charge is 0.323 e. The molecular formula is C16H15BrFN5O. The summed E-state index contributed by atoms with van der Waals surface area (Å²) in [4.78, 5) is 12.0. The third-order valence-electron chi connectivity index (χ3n) is 3.38. The van der Waals surface area contributed by atoms with Crippen LogP contribution in [0.4, 0.5) is 10.1 Å². The molecule has 124 valence electrons. The topological polar surface area (TPSA) is 64.7 Å². The number of hydrogen-bond donors (Lipinski definition) is 1. The molecule has 2 aromatic heterocycles. The highest BCUT2D eigenvalue weighted by atomic mass is 79.9. The second-order valence-electron chi connectivity index (χ2n) is 5.24. The summed E-state index contributed by atoms with van der Waals surface area (Å²) in [6.07, 6.45) is 7.00. The zero-order valence-corrected chi connectivity index (χ0v) is 14.3. The molecule has 3 rings (SSSR count). The van der Waals surface area contributed by atoms with E-state index in [1.54, 1.807) is 52.4 Å². The minimum Gasteiger partial charge on any atom is -0.323 e. The Balaban J connectivity index is 1.53. The molecular weight excluding hydrogens is 377 g/mol. The maximum Gasteiger partial charge on any atom is 0.226 e. The molecule has 3 aromatic rings. The average molecular weight is 392 g/mol. The highest BCUT2D eigenvalue weighted by molar-refractivity contribution is 9.10. The van der Waals surface area contributed by atoms with Crippen LogP contribution < -0.4 is 5.32 Å². The van der Waals surface area contributed by atoms with Crippen LogP contribution in [0.5, 0.6) is 0 Å². The predicted octanol–water partition coefficient (Wildman–Crippen LogP) is 3.06. The van der Waals surface area contributed by atoms with Crippen molar-refractivity contribution in [2.75, 3.05) is 5.32 Å². The van der Waals surface area contributed by atoms with Crippen LogP contribution in [0.2, 0.25) is 0 Å². The monoisotopic (exact) mass is 391 g/mol. The first kappa shape index (κ1) is 16.4. The normalized spacial score (nSPS) is 10.8. The molecule has 0 aliphatic heterocycles. The first-order valence-corrected chi connectivity index (χ1v) is 8.13. The van der Waals surface area contributed by atoms with Crippen molar-refractivity contribution in [1.29, 1.82) is 0 Å². The Morgan fingerprint density at radius 3 is 2.71 bits per heavy atom. The fourth-order valence-electron chi connectivity index (χ4n) is 2.22. The average Bonchev–Trinajstić information content (AvgIpc) is 3.17. The van der Waals surface area contributed by atoms with E-state index in [0.29, 0.717) is 30.8 Å². The molecule has 0 bridgehead atoms. The minimum absolute atomic E-state index is 0.132. The van der Waals surface area contributed by atoms with Crippen molar-refractivity contribution < 1.29 is 9.18 Å². The van der Waals surface area contributed by atoms with Gasteiger partial charge in [0.05, 0.1) is 29.1 Å². The van der Waals surface area contributed by atoms with E-state index in [1.807, 2.05) is 0 Å². The van der Waals surface area contributed by atoms with Crippen molar-refractivity contribution in [1.82, 2.24) is 19.6 Å². The number of benzene rings is 1. The summed E-state index contributed by atoms with van der Waals surface area (Å²) >= 11 is 3.31. The number of halogens is 2. The molecule has 0 radical (unpaired) electrons. The Labute approximate surface area is 146 Å². The zero-order valence-electron chi connectivity index (χ0n) is 12.7. The molecule has 0 saturated heterocycles. The van der Waals surface area contributed by atoms with Crippen LogP contribution in [0.1, 0.15) is 12.0 Å². The summed E-state index contributed by atoms with van der Waals surface area (Å²) in [5, 5.41) is 11.0. The number of aromatic nitrogens is 4. The van der Waals surface area contributed by atoms with Crippen LogP contribution in [0, 0.1) is 5.82 Å². The van der Waals surface area contributed by atoms with E-state index in [-0.39, 0.29) is 11.7 Å². The molecule has 6 nitrogen and oxygen atoms in total. The quantitative estimate of drug-likeness (QED) is 0.702. The molecule has 1 amide bonds. The molecule has 0 unspecified atom stereocenters. The number of rotatable bonds is 6. The van der Waals surface area contributed by atoms with Crippen molar-refractivity contribution >= 4 is 27.5 Å². The van der Waals surface area contributed by atoms with Gasteiger partial charge in [-0.05, 0) is 22.0 Å². The second-order valence-corrected chi connectivity index (χ2v) is 6.15. The lowest BCUT2D eigenvalue weighted by Gasteiger charge is -2.04. The van der Waals surface area contributed by atoms with Crippen LogP contribution >= 0.6 is 15.9 Å². The number of nitrogens with one attached hydrogen (secondary N) is 1. The van der Waals surface area contributed by atoms with Gasteiger partial charge in [-0.1, -0.05) is 18.2 Å². The van der Waals surface area contributed by atoms with Crippen LogP contribution in [0.15, 0.2) is 53.5 Å². The Kier molecular flexibility index (Phi) is 5.05. The molecule has 24 heavy (non-hydrogen) atoms. The standard InChI is InChI=1S/C16H15BrFN5O/c17-13-7-19-22(10-13)6-5-16(24)21-14-8-20-23(11-14)9-12-3-1-2-4-15(12)18/h1-4,7-8,10-11H,5-6,9H2,(H,21,24). The van der Waals surface area contributed by atoms with Gasteiger partial charge < -0.3 is 5.32 Å². The summed E-state index contributed by atoms with van der Waals surface area (Å²) in [6, 6.07) is 6.54. The molecule has 0 aliphatic rings. The van der Waals surface area contributed by atoms with Gasteiger partial charge in [-0.3, -0.25) is 14.2 Å². The van der Waals surface area contributed by atoms with Gasteiger partial charge in [0.1, 0.15) is 5.82 Å². The number of carbonyl (C=O) groups is 1. The van der Waals surface area contributed by atoms with Crippen LogP contribution in [0.25, 0.3) is 0 Å². The van der Waals surface area contributed by atoms with Crippen LogP contribution in [-0.4, -0.2) is 25.5 Å². The lowest BCUT2D eigenvalue weighted by molar-refractivity contribution is -0.116. The second kappa shape index (κ2) is 7.39. The molecule has 0 saturated carbocycles. The van der Waals surface area contributed by atoms with Crippen LogP contribution in [-0.2, 0) is 17.9 Å². The van der Waals surface area contributed by atoms with E-state index in [9.17, 15) is 9.18 Å². The first-order chi connectivity index (χ1) is 11.6. The summed E-state index contributed by atoms with van der Waals surface area (Å²) in [5.74, 6) is -0.406. The maximum absolute atomic E-state index is 13.6. The smallest absolute Gasteiger partial charge is 0.226 e. The van der Waals surface area contributed by atoms with Crippen molar-refractivity contribution in [2.24, 2.45) is 0 Å². The number of carbonyl (C=O) groups excluding carboxylic acids is 1. The number of aryl methyl sites for hydroxylation is 1. The van der Waals surface area contributed by atoms with E-state index in [1.165, 1.54) is 6.07 Å². The Hall–Kier alpha value is -2.48. The molecule has 0 atom stereocenters. The fourth-order valence-corrected chi connectivity index (χ4v) is 2.54. The van der Waals surface area contributed by atoms with Gasteiger partial charge in [-0.2, -0.15) is 10.2 Å². The lowest BCUT2D eigenvalue weighted by Crippen LogP contribution is -2.14. The van der Waals surface area contributed by atoms with Crippen molar-refractivity contribution in [3.05, 3.63) is 64.9 Å². The third-order valence-corrected chi connectivity index (χ3v) is 3.79. The molecule has 0 fully saturated rings. The van der Waals surface area contributed by atoms with Crippen molar-refractivity contribution in [2.45, 2.75) is 19.5 Å². The molecule has 1 aromatic carbocycles. The Morgan fingerprint density at radius 1 is 1.17 bits per heavy atom. The highest BCUT2D eigenvalue weighted by Crippen LogP contribution is 2.11. The number of hydrogen-bond acceptors (Lipinski definition) is 3. The third kappa shape index (κ3) is 4.29. The fraction of sp³-hybridized carbons (Fsp3) is 0.188. The molecule has 8 heteroatoms. The number of nitrogens with zero attached hydrogens (tertiary/aromatic N) is 4. The maximum atomic E-state index is 13.6. The van der Waals surface area contributed by atoms with E-state index in [2.05, 4.69) is 31.4 Å². The predicted molar refractivity (Wildman–Crippen MR) is 90.9 cm³/mol. The van der Waals surface area contributed by atoms with E-state index >= 15 is 0 Å². The lowest BCUT2D eigenvalue weighted by atomic mass is 10.2. The van der Waals surface area contributed by atoms with Gasteiger partial charge in [0.15, 0.2) is 0 Å². The van der Waals surface area contributed by atoms with Gasteiger partial charge in [0, 0.05) is 30.9 Å². The summed E-state index contributed by atoms with van der Waals surface area (Å²) in [5.41, 5.74) is 1.13. The Bertz CT molecular complexity index is 844. The SMILES string of the molecule is O=C(CCn1cc(Br)cn1)Nc1cnn(Cc2ccccc2F)c1. The van der Waals surface area contributed by atoms with Gasteiger partial charge in [0.25, 0.3) is 0 Å². The van der Waals surface area contributed by atoms with Gasteiger partial charge in [-0.15, -0.1) is 0 Å². The van der Waals surface area contributed by atoms with Gasteiger partial charge in [-0.25, -0.2) is 4.39 Å². The van der Waals surface area contributed by atoms with E-state index in [4.69, 9.17) is 0 Å². The molecule has 0 spiro atoms. The van der Waals surface area contributed by atoms with Gasteiger partial charge in [0.2, 0.25) is 5.91 Å². The van der Waals surface area contributed by atoms with Gasteiger partial charge >= 0.3 is 0 Å². The first-order valence-electron chi connectivity index (χ1n) is 7.34. The number of anilines is 1. The van der Waals surface area contributed by atoms with Crippen molar-refractivity contribution in [3.8, 4) is 0 Å².